The third kappa shape index (κ3) is 4.90. The first-order valence-corrected chi connectivity index (χ1v) is 9.60. The Kier molecular flexibility index (Phi) is 6.67. The summed E-state index contributed by atoms with van der Waals surface area (Å²) in [5, 5.41) is 3.79. The van der Waals surface area contributed by atoms with E-state index in [1.807, 2.05) is 32.3 Å². The minimum absolute atomic E-state index is 0.248. The first-order chi connectivity index (χ1) is 13.5. The van der Waals surface area contributed by atoms with E-state index in [9.17, 15) is 4.79 Å². The van der Waals surface area contributed by atoms with Crippen molar-refractivity contribution in [1.82, 2.24) is 25.2 Å². The fourth-order valence-corrected chi connectivity index (χ4v) is 3.04. The van der Waals surface area contributed by atoms with Gasteiger partial charge in [-0.05, 0) is 51.3 Å². The standard InChI is InChI=1S/C20H21Cl2N5O/c1-27(2)11-3-8-24-20(28)19-25-17(13-6-9-23-10-7-13)18(26-19)14-4-5-15(21)16(22)12-14/h4-7,9-10,12H,3,8,11H2,1-2H3,(H,24,28)(H,25,26). The number of aromatic nitrogens is 3. The van der Waals surface area contributed by atoms with Gasteiger partial charge in [0.1, 0.15) is 0 Å². The smallest absolute Gasteiger partial charge is 0.287 e. The maximum atomic E-state index is 12.6. The predicted octanol–water partition coefficient (Wildman–Crippen LogP) is 4.13. The SMILES string of the molecule is CN(C)CCCNC(=O)c1nc(-c2ccc(Cl)c(Cl)c2)c(-c2ccncc2)[nH]1. The number of hydrogen-bond donors (Lipinski definition) is 2. The zero-order valence-electron chi connectivity index (χ0n) is 15.7. The van der Waals surface area contributed by atoms with Crippen LogP contribution in [0.2, 0.25) is 10.0 Å². The normalized spacial score (nSPS) is 11.0. The first kappa shape index (κ1) is 20.3. The van der Waals surface area contributed by atoms with E-state index in [-0.39, 0.29) is 11.7 Å². The number of pyridine rings is 1. The van der Waals surface area contributed by atoms with Crippen LogP contribution >= 0.6 is 23.2 Å². The molecule has 0 bridgehead atoms. The zero-order chi connectivity index (χ0) is 20.1. The van der Waals surface area contributed by atoms with Crippen molar-refractivity contribution >= 4 is 29.1 Å². The van der Waals surface area contributed by atoms with Gasteiger partial charge in [0, 0.05) is 30.1 Å². The number of carbonyl (C=O) groups is 1. The van der Waals surface area contributed by atoms with Crippen LogP contribution in [0.5, 0.6) is 0 Å². The van der Waals surface area contributed by atoms with Crippen molar-refractivity contribution in [3.63, 3.8) is 0 Å². The maximum absolute atomic E-state index is 12.6. The molecule has 2 aromatic heterocycles. The molecule has 1 amide bonds. The summed E-state index contributed by atoms with van der Waals surface area (Å²) in [7, 11) is 4.00. The Morgan fingerprint density at radius 3 is 2.54 bits per heavy atom. The van der Waals surface area contributed by atoms with Crippen molar-refractivity contribution in [2.24, 2.45) is 0 Å². The molecular weight excluding hydrogens is 397 g/mol. The number of nitrogens with zero attached hydrogens (tertiary/aromatic N) is 3. The zero-order valence-corrected chi connectivity index (χ0v) is 17.2. The second-order valence-electron chi connectivity index (χ2n) is 6.59. The fourth-order valence-electron chi connectivity index (χ4n) is 2.74. The van der Waals surface area contributed by atoms with Crippen LogP contribution in [0.15, 0.2) is 42.7 Å². The van der Waals surface area contributed by atoms with E-state index < -0.39 is 0 Å². The Morgan fingerprint density at radius 2 is 1.86 bits per heavy atom. The fraction of sp³-hybridized carbons (Fsp3) is 0.250. The molecule has 0 unspecified atom stereocenters. The third-order valence-corrected chi connectivity index (χ3v) is 4.89. The van der Waals surface area contributed by atoms with Crippen LogP contribution in [-0.2, 0) is 0 Å². The number of rotatable bonds is 7. The summed E-state index contributed by atoms with van der Waals surface area (Å²) in [5.41, 5.74) is 2.99. The highest BCUT2D eigenvalue weighted by Gasteiger charge is 2.19. The molecule has 0 aliphatic heterocycles. The molecule has 2 N–H and O–H groups in total. The van der Waals surface area contributed by atoms with Crippen LogP contribution in [0.4, 0.5) is 0 Å². The van der Waals surface area contributed by atoms with Gasteiger partial charge in [-0.1, -0.05) is 29.3 Å². The molecule has 0 aliphatic carbocycles. The molecule has 0 aliphatic rings. The van der Waals surface area contributed by atoms with E-state index in [0.717, 1.165) is 29.8 Å². The van der Waals surface area contributed by atoms with Crippen LogP contribution in [-0.4, -0.2) is 52.9 Å². The molecule has 0 saturated heterocycles. The van der Waals surface area contributed by atoms with E-state index in [1.54, 1.807) is 24.5 Å². The second kappa shape index (κ2) is 9.19. The lowest BCUT2D eigenvalue weighted by Crippen LogP contribution is -2.27. The number of benzene rings is 1. The monoisotopic (exact) mass is 417 g/mol. The van der Waals surface area contributed by atoms with Crippen molar-refractivity contribution < 1.29 is 4.79 Å². The lowest BCUT2D eigenvalue weighted by Gasteiger charge is -2.09. The van der Waals surface area contributed by atoms with Gasteiger partial charge >= 0.3 is 0 Å². The van der Waals surface area contributed by atoms with Crippen molar-refractivity contribution in [3.05, 3.63) is 58.6 Å². The highest BCUT2D eigenvalue weighted by atomic mass is 35.5. The molecule has 0 saturated carbocycles. The summed E-state index contributed by atoms with van der Waals surface area (Å²) in [4.78, 5) is 26.4. The van der Waals surface area contributed by atoms with Gasteiger partial charge in [-0.25, -0.2) is 4.98 Å². The van der Waals surface area contributed by atoms with Gasteiger partial charge in [-0.3, -0.25) is 9.78 Å². The minimum Gasteiger partial charge on any atom is -0.349 e. The third-order valence-electron chi connectivity index (χ3n) is 4.15. The molecule has 1 aromatic carbocycles. The van der Waals surface area contributed by atoms with Gasteiger partial charge in [-0.2, -0.15) is 0 Å². The van der Waals surface area contributed by atoms with E-state index in [0.29, 0.717) is 22.3 Å². The van der Waals surface area contributed by atoms with Gasteiger partial charge in [0.25, 0.3) is 5.91 Å². The molecule has 0 spiro atoms. The van der Waals surface area contributed by atoms with Crippen LogP contribution in [0.3, 0.4) is 0 Å². The number of halogens is 2. The highest BCUT2D eigenvalue weighted by molar-refractivity contribution is 6.42. The first-order valence-electron chi connectivity index (χ1n) is 8.84. The predicted molar refractivity (Wildman–Crippen MR) is 113 cm³/mol. The molecule has 6 nitrogen and oxygen atoms in total. The van der Waals surface area contributed by atoms with Crippen LogP contribution in [0.1, 0.15) is 17.0 Å². The molecule has 2 heterocycles. The molecule has 3 rings (SSSR count). The summed E-state index contributed by atoms with van der Waals surface area (Å²) >= 11 is 12.2. The number of aromatic amines is 1. The lowest BCUT2D eigenvalue weighted by molar-refractivity contribution is 0.0943. The minimum atomic E-state index is -0.250. The summed E-state index contributed by atoms with van der Waals surface area (Å²) in [5.74, 6) is -0.00175. The summed E-state index contributed by atoms with van der Waals surface area (Å²) < 4.78 is 0. The van der Waals surface area contributed by atoms with Crippen molar-refractivity contribution in [2.75, 3.05) is 27.2 Å². The quantitative estimate of drug-likeness (QED) is 0.566. The Hall–Kier alpha value is -2.41. The Bertz CT molecular complexity index is 956. The van der Waals surface area contributed by atoms with Gasteiger partial charge < -0.3 is 15.2 Å². The molecule has 0 radical (unpaired) electrons. The number of H-pyrrole nitrogens is 1. The topological polar surface area (TPSA) is 73.9 Å². The van der Waals surface area contributed by atoms with Crippen LogP contribution < -0.4 is 5.32 Å². The van der Waals surface area contributed by atoms with Crippen molar-refractivity contribution in [3.8, 4) is 22.5 Å². The molecule has 0 atom stereocenters. The van der Waals surface area contributed by atoms with Gasteiger partial charge in [0.2, 0.25) is 0 Å². The van der Waals surface area contributed by atoms with E-state index >= 15 is 0 Å². The van der Waals surface area contributed by atoms with E-state index in [4.69, 9.17) is 23.2 Å². The summed E-state index contributed by atoms with van der Waals surface area (Å²) in [6.07, 6.45) is 4.24. The molecule has 0 fully saturated rings. The number of hydrogen-bond acceptors (Lipinski definition) is 4. The number of imidazole rings is 1. The summed E-state index contributed by atoms with van der Waals surface area (Å²) in [6, 6.07) is 8.99. The average molecular weight is 418 g/mol. The average Bonchev–Trinajstić information content (AvgIpc) is 3.13. The van der Waals surface area contributed by atoms with Crippen molar-refractivity contribution in [1.29, 1.82) is 0 Å². The Balaban J connectivity index is 1.92. The molecular formula is C20H21Cl2N5O. The largest absolute Gasteiger partial charge is 0.349 e. The second-order valence-corrected chi connectivity index (χ2v) is 7.40. The Morgan fingerprint density at radius 1 is 1.11 bits per heavy atom. The number of nitrogens with one attached hydrogen (secondary N) is 2. The highest BCUT2D eigenvalue weighted by Crippen LogP contribution is 2.33. The molecule has 146 valence electrons. The van der Waals surface area contributed by atoms with Crippen LogP contribution in [0, 0.1) is 0 Å². The molecule has 3 aromatic rings. The number of carbonyl (C=O) groups excluding carboxylic acids is 1. The maximum Gasteiger partial charge on any atom is 0.287 e. The van der Waals surface area contributed by atoms with Crippen LogP contribution in [0.25, 0.3) is 22.5 Å². The number of amides is 1. The van der Waals surface area contributed by atoms with Gasteiger partial charge in [0.05, 0.1) is 21.4 Å². The van der Waals surface area contributed by atoms with Crippen molar-refractivity contribution in [2.45, 2.75) is 6.42 Å². The van der Waals surface area contributed by atoms with E-state index in [1.165, 1.54) is 0 Å². The lowest BCUT2D eigenvalue weighted by atomic mass is 10.1. The van der Waals surface area contributed by atoms with Gasteiger partial charge in [-0.15, -0.1) is 0 Å². The molecule has 28 heavy (non-hydrogen) atoms. The van der Waals surface area contributed by atoms with E-state index in [2.05, 4.69) is 25.2 Å². The van der Waals surface area contributed by atoms with Gasteiger partial charge in [0.15, 0.2) is 5.82 Å². The Labute approximate surface area is 173 Å². The molecule has 8 heteroatoms. The summed E-state index contributed by atoms with van der Waals surface area (Å²) in [6.45, 7) is 1.47.